The van der Waals surface area contributed by atoms with Gasteiger partial charge in [0, 0.05) is 16.2 Å². The number of nitrogens with one attached hydrogen (secondary N) is 1. The zero-order valence-corrected chi connectivity index (χ0v) is 13.1. The highest BCUT2D eigenvalue weighted by molar-refractivity contribution is 7.99. The minimum atomic E-state index is -0.291. The first-order valence-electron chi connectivity index (χ1n) is 6.48. The number of halogens is 1. The van der Waals surface area contributed by atoms with Crippen molar-refractivity contribution in [3.05, 3.63) is 45.8 Å². The zero-order chi connectivity index (χ0) is 15.0. The van der Waals surface area contributed by atoms with Crippen LogP contribution in [0.5, 0.6) is 0 Å². The van der Waals surface area contributed by atoms with Crippen LogP contribution in [0.4, 0.5) is 4.39 Å². The predicted molar refractivity (Wildman–Crippen MR) is 86.6 cm³/mol. The van der Waals surface area contributed by atoms with Crippen molar-refractivity contribution >= 4 is 33.3 Å². The molecule has 0 radical (unpaired) electrons. The average Bonchev–Trinajstić information content (AvgIpc) is 2.83. The van der Waals surface area contributed by atoms with Crippen molar-refractivity contribution in [2.45, 2.75) is 24.3 Å². The van der Waals surface area contributed by atoms with Crippen molar-refractivity contribution in [3.8, 4) is 11.1 Å². The molecule has 2 heterocycles. The lowest BCUT2D eigenvalue weighted by Gasteiger charge is -2.04. The fourth-order valence-corrected chi connectivity index (χ4v) is 3.80. The van der Waals surface area contributed by atoms with E-state index in [2.05, 4.69) is 9.97 Å². The lowest BCUT2D eigenvalue weighted by atomic mass is 10.1. The van der Waals surface area contributed by atoms with Crippen molar-refractivity contribution in [2.24, 2.45) is 0 Å². The topological polar surface area (TPSA) is 45.8 Å². The number of aromatic amines is 1. The van der Waals surface area contributed by atoms with Crippen LogP contribution < -0.4 is 5.56 Å². The van der Waals surface area contributed by atoms with E-state index in [9.17, 15) is 9.18 Å². The monoisotopic (exact) mass is 320 g/mol. The molecule has 3 nitrogen and oxygen atoms in total. The number of nitrogens with zero attached hydrogens (tertiary/aromatic N) is 1. The van der Waals surface area contributed by atoms with E-state index in [1.165, 1.54) is 35.2 Å². The molecule has 21 heavy (non-hydrogen) atoms. The Kier molecular flexibility index (Phi) is 3.82. The molecule has 0 unspecified atom stereocenters. The minimum Gasteiger partial charge on any atom is -0.301 e. The summed E-state index contributed by atoms with van der Waals surface area (Å²) in [6, 6.07) is 6.13. The third-order valence-electron chi connectivity index (χ3n) is 2.92. The fraction of sp³-hybridized carbons (Fsp3) is 0.200. The van der Waals surface area contributed by atoms with E-state index in [1.54, 1.807) is 12.1 Å². The summed E-state index contributed by atoms with van der Waals surface area (Å²) in [5.41, 5.74) is 1.47. The van der Waals surface area contributed by atoms with Gasteiger partial charge >= 0.3 is 0 Å². The summed E-state index contributed by atoms with van der Waals surface area (Å²) < 4.78 is 13.0. The van der Waals surface area contributed by atoms with Crippen molar-refractivity contribution < 1.29 is 4.39 Å². The number of hydrogen-bond acceptors (Lipinski definition) is 4. The summed E-state index contributed by atoms with van der Waals surface area (Å²) in [6.07, 6.45) is 0. The fourth-order valence-electron chi connectivity index (χ4n) is 2.05. The zero-order valence-electron chi connectivity index (χ0n) is 11.5. The van der Waals surface area contributed by atoms with Crippen LogP contribution in [-0.2, 0) is 0 Å². The van der Waals surface area contributed by atoms with Gasteiger partial charge in [0.1, 0.15) is 10.6 Å². The van der Waals surface area contributed by atoms with Crippen LogP contribution in [-0.4, -0.2) is 15.2 Å². The van der Waals surface area contributed by atoms with E-state index < -0.39 is 0 Å². The van der Waals surface area contributed by atoms with Gasteiger partial charge in [-0.05, 0) is 17.7 Å². The van der Waals surface area contributed by atoms with E-state index in [1.807, 2.05) is 19.2 Å². The molecule has 2 aromatic heterocycles. The highest BCUT2D eigenvalue weighted by atomic mass is 32.2. The molecule has 0 bridgehead atoms. The molecule has 1 N–H and O–H groups in total. The number of H-pyrrole nitrogens is 1. The summed E-state index contributed by atoms with van der Waals surface area (Å²) in [5, 5.41) is 3.45. The summed E-state index contributed by atoms with van der Waals surface area (Å²) in [7, 11) is 0. The first-order valence-corrected chi connectivity index (χ1v) is 8.24. The number of aromatic nitrogens is 2. The largest absolute Gasteiger partial charge is 0.301 e. The predicted octanol–water partition coefficient (Wildman–Crippen LogP) is 4.29. The Bertz CT molecular complexity index is 837. The maximum absolute atomic E-state index is 13.0. The molecule has 0 spiro atoms. The highest BCUT2D eigenvalue weighted by Gasteiger charge is 2.13. The number of benzene rings is 1. The molecule has 0 saturated carbocycles. The Hall–Kier alpha value is -1.66. The number of thiophene rings is 1. The van der Waals surface area contributed by atoms with Gasteiger partial charge in [-0.1, -0.05) is 37.7 Å². The van der Waals surface area contributed by atoms with Crippen molar-refractivity contribution in [1.82, 2.24) is 9.97 Å². The SMILES string of the molecule is CC(C)Sc1nc2scc(-c3ccc(F)cc3)c2c(=O)[nH]1. The average molecular weight is 320 g/mol. The standard InChI is InChI=1S/C15H13FN2OS2/c1-8(2)21-15-17-13(19)12-11(7-20-14(12)18-15)9-3-5-10(16)6-4-9/h3-8H,1-2H3,(H,17,18,19). The van der Waals surface area contributed by atoms with Gasteiger partial charge in [-0.3, -0.25) is 4.79 Å². The van der Waals surface area contributed by atoms with Gasteiger partial charge in [0.25, 0.3) is 5.56 Å². The first-order chi connectivity index (χ1) is 10.0. The quantitative estimate of drug-likeness (QED) is 0.578. The molecule has 108 valence electrons. The molecular weight excluding hydrogens is 307 g/mol. The van der Waals surface area contributed by atoms with Crippen LogP contribution in [0, 0.1) is 5.82 Å². The van der Waals surface area contributed by atoms with Crippen LogP contribution in [0.3, 0.4) is 0 Å². The molecule has 0 fully saturated rings. The molecule has 6 heteroatoms. The second-order valence-corrected chi connectivity index (χ2v) is 7.30. The molecule has 0 atom stereocenters. The van der Waals surface area contributed by atoms with Crippen LogP contribution >= 0.6 is 23.1 Å². The lowest BCUT2D eigenvalue weighted by Crippen LogP contribution is -2.09. The van der Waals surface area contributed by atoms with Gasteiger partial charge in [-0.15, -0.1) is 11.3 Å². The number of hydrogen-bond donors (Lipinski definition) is 1. The summed E-state index contributed by atoms with van der Waals surface area (Å²) in [4.78, 5) is 20.3. The Morgan fingerprint density at radius 1 is 1.29 bits per heavy atom. The van der Waals surface area contributed by atoms with Crippen LogP contribution in [0.15, 0.2) is 39.6 Å². The second-order valence-electron chi connectivity index (χ2n) is 4.87. The second kappa shape index (κ2) is 5.61. The highest BCUT2D eigenvalue weighted by Crippen LogP contribution is 2.31. The third-order valence-corrected chi connectivity index (χ3v) is 4.69. The van der Waals surface area contributed by atoms with E-state index in [-0.39, 0.29) is 11.4 Å². The number of fused-ring (bicyclic) bond motifs is 1. The Morgan fingerprint density at radius 3 is 2.67 bits per heavy atom. The lowest BCUT2D eigenvalue weighted by molar-refractivity contribution is 0.628. The van der Waals surface area contributed by atoms with Crippen LogP contribution in [0.1, 0.15) is 13.8 Å². The van der Waals surface area contributed by atoms with Gasteiger partial charge in [0.2, 0.25) is 0 Å². The maximum Gasteiger partial charge on any atom is 0.260 e. The van der Waals surface area contributed by atoms with E-state index in [0.717, 1.165) is 11.1 Å². The molecular formula is C15H13FN2OS2. The first kappa shape index (κ1) is 14.3. The third kappa shape index (κ3) is 2.87. The molecule has 0 aliphatic rings. The number of thioether (sulfide) groups is 1. The molecule has 0 aliphatic carbocycles. The minimum absolute atomic E-state index is 0.149. The Morgan fingerprint density at radius 2 is 2.00 bits per heavy atom. The van der Waals surface area contributed by atoms with Gasteiger partial charge < -0.3 is 4.98 Å². The summed E-state index contributed by atoms with van der Waals surface area (Å²) >= 11 is 2.96. The van der Waals surface area contributed by atoms with Crippen LogP contribution in [0.25, 0.3) is 21.3 Å². The van der Waals surface area contributed by atoms with Gasteiger partial charge in [0.05, 0.1) is 5.39 Å². The Balaban J connectivity index is 2.14. The van der Waals surface area contributed by atoms with Crippen molar-refractivity contribution in [3.63, 3.8) is 0 Å². The van der Waals surface area contributed by atoms with Gasteiger partial charge in [-0.25, -0.2) is 9.37 Å². The van der Waals surface area contributed by atoms with Gasteiger partial charge in [-0.2, -0.15) is 0 Å². The van der Waals surface area contributed by atoms with Crippen molar-refractivity contribution in [2.75, 3.05) is 0 Å². The van der Waals surface area contributed by atoms with E-state index in [4.69, 9.17) is 0 Å². The molecule has 0 saturated heterocycles. The smallest absolute Gasteiger partial charge is 0.260 e. The van der Waals surface area contributed by atoms with Gasteiger partial charge in [0.15, 0.2) is 5.16 Å². The summed E-state index contributed by atoms with van der Waals surface area (Å²) in [5.74, 6) is -0.291. The molecule has 0 aliphatic heterocycles. The van der Waals surface area contributed by atoms with E-state index in [0.29, 0.717) is 20.6 Å². The summed E-state index contributed by atoms with van der Waals surface area (Å²) in [6.45, 7) is 4.10. The van der Waals surface area contributed by atoms with Crippen LogP contribution in [0.2, 0.25) is 0 Å². The normalized spacial score (nSPS) is 11.4. The molecule has 3 rings (SSSR count). The maximum atomic E-state index is 13.0. The number of rotatable bonds is 3. The molecule has 0 amide bonds. The Labute approximate surface area is 129 Å². The molecule has 3 aromatic rings. The van der Waals surface area contributed by atoms with Crippen molar-refractivity contribution in [1.29, 1.82) is 0 Å². The molecule has 1 aromatic carbocycles. The van der Waals surface area contributed by atoms with E-state index >= 15 is 0 Å².